The molecule has 25 heavy (non-hydrogen) atoms. The summed E-state index contributed by atoms with van der Waals surface area (Å²) < 4.78 is 25.2. The highest BCUT2D eigenvalue weighted by Crippen LogP contribution is 2.59. The van der Waals surface area contributed by atoms with Gasteiger partial charge >= 0.3 is 10.3 Å². The van der Waals surface area contributed by atoms with Gasteiger partial charge in [0, 0.05) is 11.8 Å². The van der Waals surface area contributed by atoms with Crippen molar-refractivity contribution in [3.63, 3.8) is 0 Å². The third-order valence-electron chi connectivity index (χ3n) is 6.42. The Morgan fingerprint density at radius 2 is 1.88 bits per heavy atom. The first-order valence-corrected chi connectivity index (χ1v) is 10.2. The van der Waals surface area contributed by atoms with Gasteiger partial charge in [-0.3, -0.25) is 9.35 Å². The van der Waals surface area contributed by atoms with Crippen molar-refractivity contribution >= 4 is 16.1 Å². The van der Waals surface area contributed by atoms with Crippen molar-refractivity contribution in [2.45, 2.75) is 51.4 Å². The molecule has 0 bridgehead atoms. The minimum absolute atomic E-state index is 0.0322. The Hall–Kier alpha value is -1.44. The second-order valence-electron chi connectivity index (χ2n) is 7.73. The second kappa shape index (κ2) is 6.37. The van der Waals surface area contributed by atoms with Crippen molar-refractivity contribution in [3.05, 3.63) is 29.3 Å². The maximum absolute atomic E-state index is 12.3. The van der Waals surface area contributed by atoms with Gasteiger partial charge in [-0.2, -0.15) is 8.42 Å². The number of aromatic hydroxyl groups is 1. The van der Waals surface area contributed by atoms with E-state index < -0.39 is 10.3 Å². The molecular weight excluding hydrogens is 342 g/mol. The highest BCUT2D eigenvalue weighted by molar-refractivity contribution is 7.83. The van der Waals surface area contributed by atoms with Crippen molar-refractivity contribution in [3.8, 4) is 5.75 Å². The Labute approximate surface area is 148 Å². The Morgan fingerprint density at radius 1 is 1.20 bits per heavy atom. The molecule has 4 atom stereocenters. The standard InChI is InChI=1S/C18H22O2.H3NO3S/c1-18-9-8-14-13-5-3-12(19)10-11(13)2-4-15(14)16(18)6-7-17(18)20;1-5(2,3)4/h3,5,10,14-16,19H,2,4,6-9H2,1H3;(H3,1,2,3,4)/t14-,15-,16+,18+;/m1./s1. The maximum atomic E-state index is 12.3. The minimum atomic E-state index is -4.17. The van der Waals surface area contributed by atoms with Crippen LogP contribution < -0.4 is 5.14 Å². The highest BCUT2D eigenvalue weighted by atomic mass is 32.2. The summed E-state index contributed by atoms with van der Waals surface area (Å²) >= 11 is 0. The number of phenolic OH excluding ortho intramolecular Hbond substituents is 1. The van der Waals surface area contributed by atoms with Crippen LogP contribution in [-0.4, -0.2) is 23.9 Å². The number of aryl methyl sites for hydroxylation is 1. The van der Waals surface area contributed by atoms with Gasteiger partial charge in [0.2, 0.25) is 0 Å². The molecule has 3 aliphatic rings. The molecule has 0 aromatic heterocycles. The number of hydrogen-bond acceptors (Lipinski definition) is 4. The number of fused-ring (bicyclic) bond motifs is 5. The molecule has 1 aromatic rings. The number of benzene rings is 1. The summed E-state index contributed by atoms with van der Waals surface area (Å²) in [6.07, 6.45) is 6.34. The third kappa shape index (κ3) is 3.59. The summed E-state index contributed by atoms with van der Waals surface area (Å²) in [5.41, 5.74) is 2.75. The molecule has 4 rings (SSSR count). The van der Waals surface area contributed by atoms with Gasteiger partial charge in [0.15, 0.2) is 0 Å². The Kier molecular flexibility index (Phi) is 4.68. The lowest BCUT2D eigenvalue weighted by Gasteiger charge is -2.48. The van der Waals surface area contributed by atoms with E-state index in [4.69, 9.17) is 13.0 Å². The van der Waals surface area contributed by atoms with Gasteiger partial charge in [-0.15, -0.1) is 0 Å². The first-order valence-electron chi connectivity index (χ1n) is 8.70. The molecule has 6 nitrogen and oxygen atoms in total. The van der Waals surface area contributed by atoms with Crippen molar-refractivity contribution in [1.29, 1.82) is 0 Å². The van der Waals surface area contributed by atoms with E-state index in [0.29, 0.717) is 29.3 Å². The van der Waals surface area contributed by atoms with Gasteiger partial charge in [0.1, 0.15) is 11.5 Å². The summed E-state index contributed by atoms with van der Waals surface area (Å²) in [5, 5.41) is 13.5. The lowest BCUT2D eigenvalue weighted by molar-refractivity contribution is -0.129. The predicted octanol–water partition coefficient (Wildman–Crippen LogP) is 2.57. The lowest BCUT2D eigenvalue weighted by Crippen LogP contribution is -2.42. The van der Waals surface area contributed by atoms with E-state index in [9.17, 15) is 9.90 Å². The highest BCUT2D eigenvalue weighted by Gasteiger charge is 2.54. The average Bonchev–Trinajstić information content (AvgIpc) is 2.81. The molecule has 0 unspecified atom stereocenters. The van der Waals surface area contributed by atoms with Crippen molar-refractivity contribution < 1.29 is 22.9 Å². The molecule has 0 radical (unpaired) electrons. The fourth-order valence-electron chi connectivity index (χ4n) is 5.34. The largest absolute Gasteiger partial charge is 0.508 e. The quantitative estimate of drug-likeness (QED) is 0.609. The summed E-state index contributed by atoms with van der Waals surface area (Å²) in [4.78, 5) is 12.3. The van der Waals surface area contributed by atoms with E-state index in [1.54, 1.807) is 0 Å². The number of rotatable bonds is 0. The first kappa shape index (κ1) is 18.4. The number of hydrogen-bond donors (Lipinski definition) is 3. The van der Waals surface area contributed by atoms with E-state index in [2.05, 4.69) is 18.1 Å². The molecule has 4 N–H and O–H groups in total. The molecule has 7 heteroatoms. The molecular formula is C18H25NO5S. The fraction of sp³-hybridized carbons (Fsp3) is 0.611. The van der Waals surface area contributed by atoms with Gasteiger partial charge in [-0.25, -0.2) is 5.14 Å². The SMILES string of the molecule is C[C@]12CC[C@@H]3c4ccc(O)cc4CC[C@H]3[C@@H]1CCC2=O.NS(=O)(=O)O. The molecule has 3 aliphatic carbocycles. The van der Waals surface area contributed by atoms with Crippen LogP contribution in [0, 0.1) is 17.3 Å². The van der Waals surface area contributed by atoms with Crippen molar-refractivity contribution in [2.24, 2.45) is 22.4 Å². The zero-order chi connectivity index (χ0) is 18.4. The molecule has 0 spiro atoms. The van der Waals surface area contributed by atoms with E-state index in [1.807, 2.05) is 12.1 Å². The van der Waals surface area contributed by atoms with Gasteiger partial charge in [-0.05, 0) is 73.1 Å². The van der Waals surface area contributed by atoms with Gasteiger partial charge in [0.25, 0.3) is 0 Å². The van der Waals surface area contributed by atoms with Crippen LogP contribution in [0.25, 0.3) is 0 Å². The number of carbonyl (C=O) groups excluding carboxylic acids is 1. The van der Waals surface area contributed by atoms with E-state index in [1.165, 1.54) is 17.5 Å². The smallest absolute Gasteiger partial charge is 0.330 e. The molecule has 138 valence electrons. The first-order chi connectivity index (χ1) is 11.6. The Balaban J connectivity index is 0.000000324. The summed E-state index contributed by atoms with van der Waals surface area (Å²) in [5.74, 6) is 2.78. The van der Waals surface area contributed by atoms with Crippen LogP contribution in [0.3, 0.4) is 0 Å². The molecule has 2 saturated carbocycles. The number of Topliss-reactive ketones (excluding diaryl/α,β-unsaturated/α-hetero) is 1. The number of carbonyl (C=O) groups is 1. The van der Waals surface area contributed by atoms with Crippen LogP contribution in [0.4, 0.5) is 0 Å². The molecule has 0 aliphatic heterocycles. The second-order valence-corrected chi connectivity index (χ2v) is 8.76. The fourth-order valence-corrected chi connectivity index (χ4v) is 5.34. The zero-order valence-electron chi connectivity index (χ0n) is 14.3. The summed E-state index contributed by atoms with van der Waals surface area (Å²) in [7, 11) is -4.17. The summed E-state index contributed by atoms with van der Waals surface area (Å²) in [6.45, 7) is 2.22. The van der Waals surface area contributed by atoms with Gasteiger partial charge < -0.3 is 5.11 Å². The lowest BCUT2D eigenvalue weighted by atomic mass is 9.55. The number of phenols is 1. The minimum Gasteiger partial charge on any atom is -0.508 e. The molecule has 0 amide bonds. The molecule has 1 aromatic carbocycles. The zero-order valence-corrected chi connectivity index (χ0v) is 15.1. The van der Waals surface area contributed by atoms with Crippen molar-refractivity contribution in [1.82, 2.24) is 0 Å². The monoisotopic (exact) mass is 367 g/mol. The van der Waals surface area contributed by atoms with Crippen LogP contribution >= 0.6 is 0 Å². The van der Waals surface area contributed by atoms with Gasteiger partial charge in [0.05, 0.1) is 0 Å². The number of nitrogens with two attached hydrogens (primary N) is 1. The number of ketones is 1. The van der Waals surface area contributed by atoms with E-state index in [0.717, 1.165) is 32.1 Å². The van der Waals surface area contributed by atoms with Crippen LogP contribution in [0.2, 0.25) is 0 Å². The molecule has 0 saturated heterocycles. The van der Waals surface area contributed by atoms with Crippen molar-refractivity contribution in [2.75, 3.05) is 0 Å². The molecule has 2 fully saturated rings. The van der Waals surface area contributed by atoms with Gasteiger partial charge in [-0.1, -0.05) is 13.0 Å². The van der Waals surface area contributed by atoms with Crippen LogP contribution in [0.5, 0.6) is 5.75 Å². The molecule has 0 heterocycles. The normalized spacial score (nSPS) is 33.6. The topological polar surface area (TPSA) is 118 Å². The summed E-state index contributed by atoms with van der Waals surface area (Å²) in [6, 6.07) is 5.90. The Morgan fingerprint density at radius 3 is 2.56 bits per heavy atom. The average molecular weight is 367 g/mol. The maximum Gasteiger partial charge on any atom is 0.330 e. The van der Waals surface area contributed by atoms with Crippen LogP contribution in [0.15, 0.2) is 18.2 Å². The van der Waals surface area contributed by atoms with Crippen LogP contribution in [-0.2, 0) is 21.5 Å². The third-order valence-corrected chi connectivity index (χ3v) is 6.42. The van der Waals surface area contributed by atoms with Crippen LogP contribution in [0.1, 0.15) is 56.1 Å². The van der Waals surface area contributed by atoms with E-state index >= 15 is 0 Å². The Bertz CT molecular complexity index is 783. The predicted molar refractivity (Wildman–Crippen MR) is 93.5 cm³/mol. The van der Waals surface area contributed by atoms with E-state index in [-0.39, 0.29) is 5.41 Å².